The third-order valence-corrected chi connectivity index (χ3v) is 7.37. The van der Waals surface area contributed by atoms with Crippen molar-refractivity contribution in [2.75, 3.05) is 47.2 Å². The van der Waals surface area contributed by atoms with Crippen molar-refractivity contribution in [3.63, 3.8) is 0 Å². The minimum Gasteiger partial charge on any atom is -0.507 e. The van der Waals surface area contributed by atoms with Crippen LogP contribution in [-0.4, -0.2) is 62.1 Å². The molecule has 39 heavy (non-hydrogen) atoms. The molecule has 0 unspecified atom stereocenters. The van der Waals surface area contributed by atoms with Crippen LogP contribution in [0.25, 0.3) is 22.1 Å². The molecule has 0 aliphatic carbocycles. The van der Waals surface area contributed by atoms with E-state index in [1.165, 1.54) is 5.56 Å². The second kappa shape index (κ2) is 10.5. The number of ether oxygens (including phenoxy) is 4. The van der Waals surface area contributed by atoms with Crippen molar-refractivity contribution >= 4 is 11.0 Å². The fraction of sp³-hybridized carbons (Fsp3) is 0.300. The number of piperazine rings is 1. The van der Waals surface area contributed by atoms with E-state index in [0.29, 0.717) is 40.3 Å². The molecular weight excluding hydrogens is 500 g/mol. The summed E-state index contributed by atoms with van der Waals surface area (Å²) in [6.45, 7) is 5.00. The molecule has 9 heteroatoms. The number of fused-ring (bicyclic) bond motifs is 2. The van der Waals surface area contributed by atoms with Crippen LogP contribution in [0, 0.1) is 0 Å². The van der Waals surface area contributed by atoms with Gasteiger partial charge in [-0.2, -0.15) is 0 Å². The summed E-state index contributed by atoms with van der Waals surface area (Å²) in [6.07, 6.45) is 0. The summed E-state index contributed by atoms with van der Waals surface area (Å²) >= 11 is 0. The van der Waals surface area contributed by atoms with Gasteiger partial charge in [-0.15, -0.1) is 0 Å². The van der Waals surface area contributed by atoms with Gasteiger partial charge in [-0.05, 0) is 48.0 Å². The zero-order chi connectivity index (χ0) is 26.9. The van der Waals surface area contributed by atoms with Crippen molar-refractivity contribution < 1.29 is 28.5 Å². The van der Waals surface area contributed by atoms with Crippen LogP contribution in [0.3, 0.4) is 0 Å². The van der Waals surface area contributed by atoms with Gasteiger partial charge in [0, 0.05) is 56.3 Å². The molecule has 0 bridgehead atoms. The number of methoxy groups -OCH3 is 2. The van der Waals surface area contributed by atoms with E-state index in [2.05, 4.69) is 15.9 Å². The number of benzene rings is 3. The fourth-order valence-electron chi connectivity index (χ4n) is 5.22. The Hall–Kier alpha value is -4.21. The maximum Gasteiger partial charge on any atom is 0.344 e. The van der Waals surface area contributed by atoms with Gasteiger partial charge in [0.05, 0.1) is 25.3 Å². The molecule has 1 saturated heterocycles. The van der Waals surface area contributed by atoms with Crippen LogP contribution in [0.2, 0.25) is 0 Å². The van der Waals surface area contributed by atoms with Gasteiger partial charge < -0.3 is 28.5 Å². The molecule has 3 aromatic carbocycles. The van der Waals surface area contributed by atoms with E-state index in [-0.39, 0.29) is 12.5 Å². The van der Waals surface area contributed by atoms with Crippen LogP contribution >= 0.6 is 0 Å². The molecule has 6 rings (SSSR count). The Morgan fingerprint density at radius 2 is 1.59 bits per heavy atom. The quantitative estimate of drug-likeness (QED) is 0.352. The van der Waals surface area contributed by atoms with Gasteiger partial charge in [-0.1, -0.05) is 6.07 Å². The standard InChI is InChI=1S/C30H30N2O7/c1-35-21-5-6-22(27(15-21)36-2)23-14-20-4-7-25(33)24(29(20)39-30(23)34)17-32-11-9-31(10-12-32)16-19-3-8-26-28(13-19)38-18-37-26/h3-8,13-15,33H,9-12,16-18H2,1-2H3. The second-order valence-corrected chi connectivity index (χ2v) is 9.74. The second-order valence-electron chi connectivity index (χ2n) is 9.74. The predicted molar refractivity (Wildman–Crippen MR) is 146 cm³/mol. The average Bonchev–Trinajstić information content (AvgIpc) is 3.43. The first kappa shape index (κ1) is 25.1. The zero-order valence-electron chi connectivity index (χ0n) is 21.9. The average molecular weight is 531 g/mol. The number of phenols is 1. The van der Waals surface area contributed by atoms with E-state index < -0.39 is 5.63 Å². The molecule has 9 nitrogen and oxygen atoms in total. The molecule has 0 saturated carbocycles. The van der Waals surface area contributed by atoms with Gasteiger partial charge in [-0.25, -0.2) is 4.79 Å². The zero-order valence-corrected chi connectivity index (χ0v) is 21.9. The Morgan fingerprint density at radius 3 is 2.36 bits per heavy atom. The molecule has 1 N–H and O–H groups in total. The maximum atomic E-state index is 13.1. The summed E-state index contributed by atoms with van der Waals surface area (Å²) < 4.78 is 27.5. The van der Waals surface area contributed by atoms with Crippen molar-refractivity contribution in [2.45, 2.75) is 13.1 Å². The largest absolute Gasteiger partial charge is 0.507 e. The van der Waals surface area contributed by atoms with Crippen LogP contribution in [0.5, 0.6) is 28.7 Å². The molecule has 3 heterocycles. The predicted octanol–water partition coefficient (Wildman–Crippen LogP) is 4.23. The van der Waals surface area contributed by atoms with Crippen LogP contribution in [0.4, 0.5) is 0 Å². The van der Waals surface area contributed by atoms with Crippen molar-refractivity contribution in [3.05, 3.63) is 76.1 Å². The number of rotatable bonds is 7. The summed E-state index contributed by atoms with van der Waals surface area (Å²) in [6, 6.07) is 16.6. The first-order chi connectivity index (χ1) is 19.0. The number of hydrogen-bond acceptors (Lipinski definition) is 9. The summed E-state index contributed by atoms with van der Waals surface area (Å²) in [5.74, 6) is 2.85. The molecule has 0 amide bonds. The summed E-state index contributed by atoms with van der Waals surface area (Å²) in [5, 5.41) is 11.5. The summed E-state index contributed by atoms with van der Waals surface area (Å²) in [5.41, 5.74) is 2.70. The van der Waals surface area contributed by atoms with Gasteiger partial charge >= 0.3 is 5.63 Å². The molecule has 2 aliphatic heterocycles. The van der Waals surface area contributed by atoms with E-state index in [9.17, 15) is 9.90 Å². The van der Waals surface area contributed by atoms with E-state index in [1.54, 1.807) is 50.6 Å². The molecule has 0 radical (unpaired) electrons. The molecule has 4 aromatic rings. The SMILES string of the molecule is COc1ccc(-c2cc3ccc(O)c(CN4CCN(Cc5ccc6c(c5)OCO6)CC4)c3oc2=O)c(OC)c1. The third-order valence-electron chi connectivity index (χ3n) is 7.37. The molecule has 0 spiro atoms. The molecule has 1 fully saturated rings. The molecule has 2 aliphatic rings. The molecule has 0 atom stereocenters. The van der Waals surface area contributed by atoms with E-state index >= 15 is 0 Å². The smallest absolute Gasteiger partial charge is 0.344 e. The highest BCUT2D eigenvalue weighted by Gasteiger charge is 2.22. The van der Waals surface area contributed by atoms with Gasteiger partial charge in [0.15, 0.2) is 11.5 Å². The van der Waals surface area contributed by atoms with Crippen LogP contribution < -0.4 is 24.6 Å². The first-order valence-electron chi connectivity index (χ1n) is 12.9. The topological polar surface area (TPSA) is 93.8 Å². The van der Waals surface area contributed by atoms with E-state index in [1.807, 2.05) is 12.1 Å². The highest BCUT2D eigenvalue weighted by atomic mass is 16.7. The van der Waals surface area contributed by atoms with Crippen molar-refractivity contribution in [1.29, 1.82) is 0 Å². The summed E-state index contributed by atoms with van der Waals surface area (Å²) in [7, 11) is 3.12. The molecule has 1 aromatic heterocycles. The van der Waals surface area contributed by atoms with Gasteiger partial charge in [0.25, 0.3) is 0 Å². The lowest BCUT2D eigenvalue weighted by Crippen LogP contribution is -2.45. The Morgan fingerprint density at radius 1 is 0.821 bits per heavy atom. The normalized spacial score (nSPS) is 15.5. The monoisotopic (exact) mass is 530 g/mol. The number of aromatic hydroxyl groups is 1. The lowest BCUT2D eigenvalue weighted by Gasteiger charge is -2.34. The number of nitrogens with zero attached hydrogens (tertiary/aromatic N) is 2. The minimum absolute atomic E-state index is 0.114. The fourth-order valence-corrected chi connectivity index (χ4v) is 5.22. The number of hydrogen-bond donors (Lipinski definition) is 1. The lowest BCUT2D eigenvalue weighted by molar-refractivity contribution is 0.121. The molecule has 202 valence electrons. The van der Waals surface area contributed by atoms with Gasteiger partial charge in [-0.3, -0.25) is 9.80 Å². The third kappa shape index (κ3) is 4.98. The summed E-state index contributed by atoms with van der Waals surface area (Å²) in [4.78, 5) is 17.8. The van der Waals surface area contributed by atoms with Gasteiger partial charge in [0.2, 0.25) is 6.79 Å². The van der Waals surface area contributed by atoms with Crippen LogP contribution in [-0.2, 0) is 13.1 Å². The maximum absolute atomic E-state index is 13.1. The lowest BCUT2D eigenvalue weighted by atomic mass is 10.0. The first-order valence-corrected chi connectivity index (χ1v) is 12.9. The number of phenolic OH excluding ortho intramolecular Hbond substituents is 1. The Bertz CT molecular complexity index is 1570. The van der Waals surface area contributed by atoms with Crippen LogP contribution in [0.1, 0.15) is 11.1 Å². The Kier molecular flexibility index (Phi) is 6.76. The molecular formula is C30H30N2O7. The van der Waals surface area contributed by atoms with E-state index in [0.717, 1.165) is 49.6 Å². The van der Waals surface area contributed by atoms with E-state index in [4.69, 9.17) is 23.4 Å². The van der Waals surface area contributed by atoms with Crippen molar-refractivity contribution in [3.8, 4) is 39.9 Å². The Labute approximate surface area is 225 Å². The minimum atomic E-state index is -0.494. The van der Waals surface area contributed by atoms with Crippen LogP contribution in [0.15, 0.2) is 63.8 Å². The van der Waals surface area contributed by atoms with Crippen molar-refractivity contribution in [1.82, 2.24) is 9.80 Å². The van der Waals surface area contributed by atoms with Crippen molar-refractivity contribution in [2.24, 2.45) is 0 Å². The van der Waals surface area contributed by atoms with Gasteiger partial charge in [0.1, 0.15) is 22.8 Å². The highest BCUT2D eigenvalue weighted by molar-refractivity contribution is 5.86. The Balaban J connectivity index is 1.19. The highest BCUT2D eigenvalue weighted by Crippen LogP contribution is 2.35.